The molecule has 0 aromatic rings. The molecule has 0 saturated carbocycles. The summed E-state index contributed by atoms with van der Waals surface area (Å²) in [4.78, 5) is 9.77. The maximum atomic E-state index is 10.7. The van der Waals surface area contributed by atoms with Crippen molar-refractivity contribution >= 4 is 17.7 Å². The maximum absolute atomic E-state index is 10.7. The monoisotopic (exact) mass is 175 g/mol. The number of carbonyl (C=O) groups is 1. The van der Waals surface area contributed by atoms with Gasteiger partial charge in [0, 0.05) is 5.75 Å². The van der Waals surface area contributed by atoms with E-state index in [0.717, 1.165) is 5.75 Å². The topological polar surface area (TPSA) is 46.5 Å². The Kier molecular flexibility index (Phi) is 2.78. The Balaban J connectivity index is 2.62. The quantitative estimate of drug-likeness (QED) is 0.698. The van der Waals surface area contributed by atoms with Crippen LogP contribution < -0.4 is 0 Å². The summed E-state index contributed by atoms with van der Waals surface area (Å²) in [5.74, 6) is -0.0850. The number of rotatable bonds is 3. The zero-order valence-electron chi connectivity index (χ0n) is 6.37. The Labute approximate surface area is 70.1 Å². The lowest BCUT2D eigenvalue weighted by molar-refractivity contribution is -0.152. The number of hydrogen-bond acceptors (Lipinski definition) is 3. The van der Waals surface area contributed by atoms with Gasteiger partial charge in [0.1, 0.15) is 0 Å². The van der Waals surface area contributed by atoms with E-state index in [4.69, 9.17) is 9.84 Å². The summed E-state index contributed by atoms with van der Waals surface area (Å²) in [6.07, 6.45) is 2.30. The molecule has 0 spiro atoms. The Bertz CT molecular complexity index is 152. The third-order valence-corrected chi connectivity index (χ3v) is 2.85. The van der Waals surface area contributed by atoms with Crippen LogP contribution in [-0.2, 0) is 9.53 Å². The van der Waals surface area contributed by atoms with Crippen LogP contribution in [0.25, 0.3) is 0 Å². The van der Waals surface area contributed by atoms with Gasteiger partial charge in [-0.25, -0.2) is 4.79 Å². The van der Waals surface area contributed by atoms with E-state index in [1.54, 1.807) is 0 Å². The Morgan fingerprint density at radius 1 is 1.91 bits per heavy atom. The molecule has 0 aromatic heterocycles. The van der Waals surface area contributed by atoms with Gasteiger partial charge in [0.15, 0.2) is 0 Å². The minimum atomic E-state index is -0.977. The highest BCUT2D eigenvalue weighted by Crippen LogP contribution is 2.36. The molecule has 1 radical (unpaired) electrons. The maximum Gasteiger partial charge on any atom is 0.346 e. The fraction of sp³-hybridized carbons (Fsp3) is 0.714. The molecule has 11 heavy (non-hydrogen) atoms. The molecule has 0 amide bonds. The lowest BCUT2D eigenvalue weighted by atomic mass is 10.2. The fourth-order valence-corrected chi connectivity index (χ4v) is 2.12. The van der Waals surface area contributed by atoms with Gasteiger partial charge in [-0.15, -0.1) is 11.8 Å². The Morgan fingerprint density at radius 3 is 3.00 bits per heavy atom. The van der Waals surface area contributed by atoms with Crippen molar-refractivity contribution in [2.75, 3.05) is 12.4 Å². The van der Waals surface area contributed by atoms with Crippen LogP contribution in [0.1, 0.15) is 13.3 Å². The van der Waals surface area contributed by atoms with Gasteiger partial charge >= 0.3 is 5.97 Å². The van der Waals surface area contributed by atoms with Gasteiger partial charge < -0.3 is 9.84 Å². The van der Waals surface area contributed by atoms with E-state index in [-0.39, 0.29) is 0 Å². The highest BCUT2D eigenvalue weighted by Gasteiger charge is 2.42. The standard InChI is InChI=1S/C7H11O3S/c1-2-3-7(6(8)9)10-4-5-11-7/h2H,3-5H2,1H3,(H,8,9). The second kappa shape index (κ2) is 3.45. The summed E-state index contributed by atoms with van der Waals surface area (Å²) in [5.41, 5.74) is 0. The molecule has 1 aliphatic heterocycles. The molecule has 0 aromatic carbocycles. The number of thioether (sulfide) groups is 1. The van der Waals surface area contributed by atoms with Crippen LogP contribution in [0.3, 0.4) is 0 Å². The predicted molar refractivity (Wildman–Crippen MR) is 43.4 cm³/mol. The van der Waals surface area contributed by atoms with Gasteiger partial charge in [0.25, 0.3) is 0 Å². The summed E-state index contributed by atoms with van der Waals surface area (Å²) >= 11 is 1.37. The molecule has 4 heteroatoms. The van der Waals surface area contributed by atoms with Crippen molar-refractivity contribution in [3.05, 3.63) is 6.42 Å². The first-order valence-corrected chi connectivity index (χ1v) is 4.49. The Hall–Kier alpha value is -0.220. The summed E-state index contributed by atoms with van der Waals surface area (Å²) in [6.45, 7) is 2.39. The van der Waals surface area contributed by atoms with Crippen molar-refractivity contribution in [3.63, 3.8) is 0 Å². The molecular formula is C7H11O3S. The third-order valence-electron chi connectivity index (χ3n) is 1.55. The number of carboxylic acids is 1. The molecule has 63 valence electrons. The van der Waals surface area contributed by atoms with E-state index >= 15 is 0 Å². The number of carboxylic acid groups (broad SMARTS) is 1. The largest absolute Gasteiger partial charge is 0.478 e. The molecule has 0 aliphatic carbocycles. The first-order valence-electron chi connectivity index (χ1n) is 3.50. The molecule has 1 unspecified atom stereocenters. The van der Waals surface area contributed by atoms with Crippen LogP contribution >= 0.6 is 11.8 Å². The van der Waals surface area contributed by atoms with Crippen LogP contribution in [0.2, 0.25) is 0 Å². The highest BCUT2D eigenvalue weighted by atomic mass is 32.2. The minimum absolute atomic E-state index is 0.479. The summed E-state index contributed by atoms with van der Waals surface area (Å²) in [5, 5.41) is 8.83. The number of aliphatic carboxylic acids is 1. The predicted octanol–water partition coefficient (Wildman–Crippen LogP) is 1.14. The van der Waals surface area contributed by atoms with Gasteiger partial charge in [-0.05, 0) is 12.8 Å². The summed E-state index contributed by atoms with van der Waals surface area (Å²) < 4.78 is 5.17. The first-order chi connectivity index (χ1) is 5.21. The average Bonchev–Trinajstić information content (AvgIpc) is 2.38. The first kappa shape index (κ1) is 8.87. The van der Waals surface area contributed by atoms with Gasteiger partial charge in [-0.1, -0.05) is 6.92 Å². The zero-order valence-corrected chi connectivity index (χ0v) is 7.19. The molecule has 1 N–H and O–H groups in total. The molecule has 1 saturated heterocycles. The normalized spacial score (nSPS) is 30.6. The average molecular weight is 175 g/mol. The van der Waals surface area contributed by atoms with Gasteiger partial charge in [0.05, 0.1) is 6.61 Å². The van der Waals surface area contributed by atoms with Crippen molar-refractivity contribution in [1.29, 1.82) is 0 Å². The van der Waals surface area contributed by atoms with Crippen molar-refractivity contribution in [2.45, 2.75) is 18.3 Å². The Morgan fingerprint density at radius 2 is 2.64 bits per heavy atom. The van der Waals surface area contributed by atoms with E-state index in [0.29, 0.717) is 13.0 Å². The molecule has 0 bridgehead atoms. The van der Waals surface area contributed by atoms with Gasteiger partial charge in [-0.3, -0.25) is 0 Å². The molecule has 1 heterocycles. The van der Waals surface area contributed by atoms with Crippen LogP contribution in [0, 0.1) is 6.42 Å². The summed E-state index contributed by atoms with van der Waals surface area (Å²) in [7, 11) is 0. The summed E-state index contributed by atoms with van der Waals surface area (Å²) in [6, 6.07) is 0. The number of ether oxygens (including phenoxy) is 1. The molecule has 1 aliphatic rings. The van der Waals surface area contributed by atoms with E-state index < -0.39 is 10.9 Å². The molecule has 1 fully saturated rings. The lowest BCUT2D eigenvalue weighted by Crippen LogP contribution is -2.34. The van der Waals surface area contributed by atoms with Gasteiger partial charge in [0.2, 0.25) is 4.93 Å². The molecule has 3 nitrogen and oxygen atoms in total. The SMILES string of the molecule is C[CH]CC1(C(=O)O)OCCS1. The van der Waals surface area contributed by atoms with Gasteiger partial charge in [-0.2, -0.15) is 0 Å². The second-order valence-electron chi connectivity index (χ2n) is 2.37. The zero-order chi connectivity index (χ0) is 8.32. The van der Waals surface area contributed by atoms with E-state index in [1.165, 1.54) is 11.8 Å². The van der Waals surface area contributed by atoms with E-state index in [2.05, 4.69) is 0 Å². The molecule has 1 atom stereocenters. The minimum Gasteiger partial charge on any atom is -0.478 e. The third kappa shape index (κ3) is 1.68. The second-order valence-corrected chi connectivity index (χ2v) is 3.72. The lowest BCUT2D eigenvalue weighted by Gasteiger charge is -2.20. The fourth-order valence-electron chi connectivity index (χ4n) is 1.05. The van der Waals surface area contributed by atoms with Crippen molar-refractivity contribution in [2.24, 2.45) is 0 Å². The van der Waals surface area contributed by atoms with Crippen LogP contribution in [-0.4, -0.2) is 28.4 Å². The molecular weight excluding hydrogens is 164 g/mol. The molecule has 1 rings (SSSR count). The van der Waals surface area contributed by atoms with Crippen molar-refractivity contribution < 1.29 is 14.6 Å². The van der Waals surface area contributed by atoms with Crippen LogP contribution in [0.15, 0.2) is 0 Å². The van der Waals surface area contributed by atoms with Crippen molar-refractivity contribution in [3.8, 4) is 0 Å². The highest BCUT2D eigenvalue weighted by molar-refractivity contribution is 8.01. The smallest absolute Gasteiger partial charge is 0.346 e. The van der Waals surface area contributed by atoms with E-state index in [1.807, 2.05) is 13.3 Å². The van der Waals surface area contributed by atoms with E-state index in [9.17, 15) is 4.79 Å². The van der Waals surface area contributed by atoms with Crippen LogP contribution in [0.4, 0.5) is 0 Å². The number of hydrogen-bond donors (Lipinski definition) is 1. The van der Waals surface area contributed by atoms with Crippen molar-refractivity contribution in [1.82, 2.24) is 0 Å². The van der Waals surface area contributed by atoms with Crippen LogP contribution in [0.5, 0.6) is 0 Å².